The molecule has 0 spiro atoms. The predicted octanol–water partition coefficient (Wildman–Crippen LogP) is 2.83. The van der Waals surface area contributed by atoms with Crippen LogP contribution in [0.25, 0.3) is 12.2 Å². The fourth-order valence-electron chi connectivity index (χ4n) is 2.16. The molecule has 0 fully saturated rings. The number of anilines is 2. The highest BCUT2D eigenvalue weighted by Crippen LogP contribution is 2.34. The predicted molar refractivity (Wildman–Crippen MR) is 72.6 cm³/mol. The van der Waals surface area contributed by atoms with Gasteiger partial charge in [-0.2, -0.15) is 0 Å². The molecular weight excluding hydrogens is 212 g/mol. The molecule has 1 aromatic carbocycles. The van der Waals surface area contributed by atoms with Crippen molar-refractivity contribution in [1.82, 2.24) is 0 Å². The minimum absolute atomic E-state index is 0.0584. The van der Waals surface area contributed by atoms with Crippen LogP contribution in [0.4, 0.5) is 11.4 Å². The van der Waals surface area contributed by atoms with Gasteiger partial charge in [-0.1, -0.05) is 24.8 Å². The van der Waals surface area contributed by atoms with E-state index in [1.807, 2.05) is 25.1 Å². The van der Waals surface area contributed by atoms with Crippen molar-refractivity contribution in [2.24, 2.45) is 0 Å². The summed E-state index contributed by atoms with van der Waals surface area (Å²) in [6.07, 6.45) is 6.88. The second kappa shape index (κ2) is 4.45. The summed E-state index contributed by atoms with van der Waals surface area (Å²) in [7, 11) is 0. The molecule has 3 N–H and O–H groups in total. The molecule has 3 heteroatoms. The number of carbonyl (C=O) groups excluding carboxylic acids is 1. The molecule has 0 aromatic heterocycles. The van der Waals surface area contributed by atoms with Gasteiger partial charge in [0.05, 0.1) is 5.69 Å². The average Bonchev–Trinajstić information content (AvgIpc) is 2.30. The van der Waals surface area contributed by atoms with Crippen LogP contribution in [0.1, 0.15) is 30.0 Å². The Hall–Kier alpha value is -2.03. The van der Waals surface area contributed by atoms with E-state index in [0.29, 0.717) is 12.1 Å². The molecule has 0 atom stereocenters. The van der Waals surface area contributed by atoms with Crippen molar-refractivity contribution in [2.45, 2.75) is 19.8 Å². The van der Waals surface area contributed by atoms with E-state index >= 15 is 0 Å². The molecule has 1 aliphatic rings. The molecule has 0 radical (unpaired) electrons. The highest BCUT2D eigenvalue weighted by Gasteiger charge is 2.20. The van der Waals surface area contributed by atoms with Crippen LogP contribution >= 0.6 is 0 Å². The number of benzene rings is 1. The number of aryl methyl sites for hydroxylation is 1. The highest BCUT2D eigenvalue weighted by atomic mass is 16.1. The van der Waals surface area contributed by atoms with E-state index in [1.165, 1.54) is 0 Å². The number of amides is 1. The summed E-state index contributed by atoms with van der Waals surface area (Å²) in [6.45, 7) is 5.71. The van der Waals surface area contributed by atoms with E-state index in [1.54, 1.807) is 6.08 Å². The molecule has 0 bridgehead atoms. The zero-order valence-electron chi connectivity index (χ0n) is 9.92. The Labute approximate surface area is 101 Å². The van der Waals surface area contributed by atoms with Gasteiger partial charge in [-0.05, 0) is 25.0 Å². The molecule has 0 saturated carbocycles. The largest absolute Gasteiger partial charge is 0.398 e. The van der Waals surface area contributed by atoms with E-state index in [9.17, 15) is 4.79 Å². The van der Waals surface area contributed by atoms with Crippen molar-refractivity contribution >= 4 is 29.4 Å². The number of rotatable bonds is 2. The summed E-state index contributed by atoms with van der Waals surface area (Å²) >= 11 is 0. The summed E-state index contributed by atoms with van der Waals surface area (Å²) in [5.74, 6) is 0.0584. The van der Waals surface area contributed by atoms with Gasteiger partial charge in [0.25, 0.3) is 0 Å². The summed E-state index contributed by atoms with van der Waals surface area (Å²) in [5.41, 5.74) is 10.5. The Balaban J connectivity index is 2.70. The number of hydrogen-bond acceptors (Lipinski definition) is 2. The van der Waals surface area contributed by atoms with Crippen LogP contribution < -0.4 is 11.1 Å². The number of nitrogens with one attached hydrogen (secondary N) is 1. The van der Waals surface area contributed by atoms with Crippen LogP contribution in [0.5, 0.6) is 0 Å². The van der Waals surface area contributed by atoms with Crippen LogP contribution in [0, 0.1) is 0 Å². The zero-order valence-corrected chi connectivity index (χ0v) is 9.92. The normalized spacial score (nSPS) is 14.5. The lowest BCUT2D eigenvalue weighted by molar-refractivity contribution is -0.116. The Bertz CT molecular complexity index is 515. The summed E-state index contributed by atoms with van der Waals surface area (Å²) in [6, 6.07) is 1.93. The minimum atomic E-state index is 0.0584. The molecule has 1 aliphatic heterocycles. The molecule has 0 unspecified atom stereocenters. The van der Waals surface area contributed by atoms with E-state index < -0.39 is 0 Å². The number of allylic oxidation sites excluding steroid dienone is 1. The molecule has 0 saturated heterocycles. The van der Waals surface area contributed by atoms with Crippen LogP contribution in [-0.4, -0.2) is 5.91 Å². The van der Waals surface area contributed by atoms with E-state index in [0.717, 1.165) is 28.8 Å². The Morgan fingerprint density at radius 3 is 2.82 bits per heavy atom. The molecule has 88 valence electrons. The first-order chi connectivity index (χ1) is 8.17. The molecule has 0 aliphatic carbocycles. The van der Waals surface area contributed by atoms with Crippen molar-refractivity contribution < 1.29 is 4.79 Å². The lowest BCUT2D eigenvalue weighted by atomic mass is 9.93. The Kier molecular flexibility index (Phi) is 3.00. The highest BCUT2D eigenvalue weighted by molar-refractivity contribution is 5.98. The summed E-state index contributed by atoms with van der Waals surface area (Å²) in [4.78, 5) is 11.5. The topological polar surface area (TPSA) is 55.1 Å². The fraction of sp³-hybridized carbons (Fsp3) is 0.214. The second-order valence-corrected chi connectivity index (χ2v) is 4.08. The number of hydrogen-bond donors (Lipinski definition) is 2. The molecule has 2 rings (SSSR count). The number of carbonyl (C=O) groups is 1. The third-order valence-electron chi connectivity index (χ3n) is 2.94. The lowest BCUT2D eigenvalue weighted by Crippen LogP contribution is -2.20. The van der Waals surface area contributed by atoms with Gasteiger partial charge >= 0.3 is 0 Å². The SMILES string of the molecule is C=Cc1c(N)cc2c(c1/C=C\C)NC(=O)CC2. The van der Waals surface area contributed by atoms with E-state index in [2.05, 4.69) is 11.9 Å². The molecule has 1 aromatic rings. The zero-order chi connectivity index (χ0) is 12.4. The van der Waals surface area contributed by atoms with Gasteiger partial charge in [-0.25, -0.2) is 0 Å². The average molecular weight is 228 g/mol. The third-order valence-corrected chi connectivity index (χ3v) is 2.94. The molecule has 3 nitrogen and oxygen atoms in total. The van der Waals surface area contributed by atoms with Gasteiger partial charge in [0.2, 0.25) is 5.91 Å². The van der Waals surface area contributed by atoms with Crippen molar-refractivity contribution in [3.8, 4) is 0 Å². The first kappa shape index (κ1) is 11.5. The van der Waals surface area contributed by atoms with Crippen LogP contribution in [-0.2, 0) is 11.2 Å². The quantitative estimate of drug-likeness (QED) is 0.765. The molecule has 17 heavy (non-hydrogen) atoms. The van der Waals surface area contributed by atoms with Crippen molar-refractivity contribution in [1.29, 1.82) is 0 Å². The van der Waals surface area contributed by atoms with E-state index in [4.69, 9.17) is 5.73 Å². The maximum absolute atomic E-state index is 11.5. The maximum Gasteiger partial charge on any atom is 0.224 e. The third kappa shape index (κ3) is 1.96. The first-order valence-corrected chi connectivity index (χ1v) is 5.67. The molecular formula is C14H16N2O. The van der Waals surface area contributed by atoms with Crippen molar-refractivity contribution in [3.05, 3.63) is 35.4 Å². The fourth-order valence-corrected chi connectivity index (χ4v) is 2.16. The number of nitrogens with two attached hydrogens (primary N) is 1. The molecule has 1 heterocycles. The molecule has 1 amide bonds. The van der Waals surface area contributed by atoms with Gasteiger partial charge in [-0.15, -0.1) is 0 Å². The van der Waals surface area contributed by atoms with Gasteiger partial charge in [0.15, 0.2) is 0 Å². The minimum Gasteiger partial charge on any atom is -0.398 e. The summed E-state index contributed by atoms with van der Waals surface area (Å²) in [5, 5.41) is 2.92. The maximum atomic E-state index is 11.5. The van der Waals surface area contributed by atoms with Crippen molar-refractivity contribution in [2.75, 3.05) is 11.1 Å². The second-order valence-electron chi connectivity index (χ2n) is 4.08. The van der Waals surface area contributed by atoms with Crippen LogP contribution in [0.15, 0.2) is 18.7 Å². The Morgan fingerprint density at radius 2 is 2.18 bits per heavy atom. The smallest absolute Gasteiger partial charge is 0.224 e. The van der Waals surface area contributed by atoms with Crippen LogP contribution in [0.2, 0.25) is 0 Å². The monoisotopic (exact) mass is 228 g/mol. The van der Waals surface area contributed by atoms with Gasteiger partial charge in [-0.3, -0.25) is 4.79 Å². The van der Waals surface area contributed by atoms with Crippen molar-refractivity contribution in [3.63, 3.8) is 0 Å². The number of nitrogen functional groups attached to an aromatic ring is 1. The van der Waals surface area contributed by atoms with Gasteiger partial charge in [0, 0.05) is 23.2 Å². The van der Waals surface area contributed by atoms with Gasteiger partial charge < -0.3 is 11.1 Å². The Morgan fingerprint density at radius 1 is 1.41 bits per heavy atom. The summed E-state index contributed by atoms with van der Waals surface area (Å²) < 4.78 is 0. The lowest BCUT2D eigenvalue weighted by Gasteiger charge is -2.22. The first-order valence-electron chi connectivity index (χ1n) is 5.67. The number of fused-ring (bicyclic) bond motifs is 1. The van der Waals surface area contributed by atoms with Gasteiger partial charge in [0.1, 0.15) is 0 Å². The van der Waals surface area contributed by atoms with Crippen LogP contribution in [0.3, 0.4) is 0 Å². The van der Waals surface area contributed by atoms with E-state index in [-0.39, 0.29) is 5.91 Å². The standard InChI is InChI=1S/C14H16N2O/c1-3-5-11-10(4-2)12(15)8-9-6-7-13(17)16-14(9)11/h3-5,8H,2,6-7,15H2,1H3,(H,16,17)/b5-3-.